The summed E-state index contributed by atoms with van der Waals surface area (Å²) in [5.41, 5.74) is 1.75. The highest BCUT2D eigenvalue weighted by molar-refractivity contribution is 5.96. The summed E-state index contributed by atoms with van der Waals surface area (Å²) in [5.74, 6) is -0.520. The van der Waals surface area contributed by atoms with Gasteiger partial charge in [-0.05, 0) is 42.7 Å². The van der Waals surface area contributed by atoms with Crippen LogP contribution >= 0.6 is 0 Å². The molecular formula is C17H21NO3. The van der Waals surface area contributed by atoms with Crippen molar-refractivity contribution in [3.8, 4) is 0 Å². The van der Waals surface area contributed by atoms with Crippen molar-refractivity contribution in [2.75, 3.05) is 13.1 Å². The molecule has 1 aromatic rings. The highest BCUT2D eigenvalue weighted by Gasteiger charge is 2.47. The van der Waals surface area contributed by atoms with Gasteiger partial charge < -0.3 is 10.0 Å². The average Bonchev–Trinajstić information content (AvgIpc) is 3.24. The number of aliphatic carboxylic acids is 1. The zero-order chi connectivity index (χ0) is 15.0. The van der Waals surface area contributed by atoms with E-state index in [0.717, 1.165) is 30.4 Å². The number of benzene rings is 1. The fourth-order valence-corrected chi connectivity index (χ4v) is 3.47. The van der Waals surface area contributed by atoms with Gasteiger partial charge in [0.2, 0.25) is 0 Å². The summed E-state index contributed by atoms with van der Waals surface area (Å²) in [7, 11) is 0. The van der Waals surface area contributed by atoms with Crippen molar-refractivity contribution in [2.45, 2.75) is 26.2 Å². The Morgan fingerprint density at radius 3 is 2.57 bits per heavy atom. The number of carbonyl (C=O) groups excluding carboxylic acids is 1. The first-order chi connectivity index (χ1) is 10.1. The number of hydrogen-bond donors (Lipinski definition) is 1. The third-order valence-electron chi connectivity index (χ3n) is 4.83. The second kappa shape index (κ2) is 5.51. The minimum absolute atomic E-state index is 0.0122. The van der Waals surface area contributed by atoms with Crippen LogP contribution in [0.1, 0.15) is 35.7 Å². The van der Waals surface area contributed by atoms with Crippen LogP contribution in [0.2, 0.25) is 0 Å². The van der Waals surface area contributed by atoms with Gasteiger partial charge in [-0.2, -0.15) is 0 Å². The first-order valence-corrected chi connectivity index (χ1v) is 7.71. The van der Waals surface area contributed by atoms with Crippen LogP contribution in [-0.2, 0) is 11.2 Å². The Labute approximate surface area is 124 Å². The Morgan fingerprint density at radius 2 is 1.95 bits per heavy atom. The molecule has 2 aliphatic rings. The fourth-order valence-electron chi connectivity index (χ4n) is 3.47. The molecule has 1 aromatic carbocycles. The number of carboxylic acids is 1. The average molecular weight is 287 g/mol. The highest BCUT2D eigenvalue weighted by Crippen LogP contribution is 2.44. The van der Waals surface area contributed by atoms with E-state index >= 15 is 0 Å². The molecule has 2 atom stereocenters. The molecule has 3 rings (SSSR count). The van der Waals surface area contributed by atoms with Crippen LogP contribution in [-0.4, -0.2) is 35.0 Å². The lowest BCUT2D eigenvalue weighted by molar-refractivity contribution is -0.142. The van der Waals surface area contributed by atoms with Crippen LogP contribution in [0.4, 0.5) is 0 Å². The number of rotatable bonds is 4. The predicted molar refractivity (Wildman–Crippen MR) is 79.1 cm³/mol. The smallest absolute Gasteiger partial charge is 0.308 e. The molecule has 1 N–H and O–H groups in total. The molecular weight excluding hydrogens is 266 g/mol. The maximum atomic E-state index is 12.7. The van der Waals surface area contributed by atoms with Crippen molar-refractivity contribution >= 4 is 11.9 Å². The Balaban J connectivity index is 1.81. The number of hydrogen-bond acceptors (Lipinski definition) is 2. The third kappa shape index (κ3) is 2.67. The van der Waals surface area contributed by atoms with E-state index in [9.17, 15) is 14.7 Å². The molecule has 0 bridgehead atoms. The molecule has 1 aliphatic carbocycles. The third-order valence-corrected chi connectivity index (χ3v) is 4.83. The van der Waals surface area contributed by atoms with E-state index in [0.29, 0.717) is 19.0 Å². The lowest BCUT2D eigenvalue weighted by atomic mass is 9.92. The Morgan fingerprint density at radius 1 is 1.24 bits per heavy atom. The Hall–Kier alpha value is -1.84. The largest absolute Gasteiger partial charge is 0.481 e. The lowest BCUT2D eigenvalue weighted by Crippen LogP contribution is -2.30. The molecule has 0 aromatic heterocycles. The van der Waals surface area contributed by atoms with Crippen molar-refractivity contribution < 1.29 is 14.7 Å². The minimum atomic E-state index is -0.758. The van der Waals surface area contributed by atoms with Crippen molar-refractivity contribution in [1.82, 2.24) is 4.90 Å². The van der Waals surface area contributed by atoms with Gasteiger partial charge in [-0.25, -0.2) is 0 Å². The van der Waals surface area contributed by atoms with Crippen molar-refractivity contribution in [1.29, 1.82) is 0 Å². The van der Waals surface area contributed by atoms with Crippen molar-refractivity contribution in [2.24, 2.45) is 17.8 Å². The summed E-state index contributed by atoms with van der Waals surface area (Å²) in [6.45, 7) is 2.98. The molecule has 21 heavy (non-hydrogen) atoms. The van der Waals surface area contributed by atoms with Crippen molar-refractivity contribution in [3.05, 3.63) is 35.4 Å². The summed E-state index contributed by atoms with van der Waals surface area (Å²) in [6, 6.07) is 7.62. The van der Waals surface area contributed by atoms with E-state index in [2.05, 4.69) is 0 Å². The van der Waals surface area contributed by atoms with Crippen LogP contribution in [0.5, 0.6) is 0 Å². The van der Waals surface area contributed by atoms with Crippen LogP contribution in [0.15, 0.2) is 24.3 Å². The van der Waals surface area contributed by atoms with E-state index < -0.39 is 11.9 Å². The second-order valence-corrected chi connectivity index (χ2v) is 6.17. The van der Waals surface area contributed by atoms with Gasteiger partial charge in [0, 0.05) is 18.7 Å². The van der Waals surface area contributed by atoms with Gasteiger partial charge in [-0.15, -0.1) is 0 Å². The summed E-state index contributed by atoms with van der Waals surface area (Å²) in [4.78, 5) is 25.9. The van der Waals surface area contributed by atoms with Gasteiger partial charge in [0.05, 0.1) is 5.92 Å². The Kier molecular flexibility index (Phi) is 3.70. The van der Waals surface area contributed by atoms with Crippen LogP contribution in [0.3, 0.4) is 0 Å². The van der Waals surface area contributed by atoms with Crippen molar-refractivity contribution in [3.63, 3.8) is 0 Å². The minimum Gasteiger partial charge on any atom is -0.481 e. The SMILES string of the molecule is CCc1ccccc1C(=O)N1C[C@@H](C(=O)O)[C@H](C2CC2)C1. The van der Waals surface area contributed by atoms with Gasteiger partial charge in [0.25, 0.3) is 5.91 Å². The van der Waals surface area contributed by atoms with Gasteiger partial charge in [0.15, 0.2) is 0 Å². The Bertz CT molecular complexity index is 565. The number of aryl methyl sites for hydroxylation is 1. The van der Waals surface area contributed by atoms with E-state index in [1.165, 1.54) is 0 Å². The summed E-state index contributed by atoms with van der Waals surface area (Å²) in [5, 5.41) is 9.39. The number of carbonyl (C=O) groups is 2. The molecule has 0 unspecified atom stereocenters. The topological polar surface area (TPSA) is 57.6 Å². The fraction of sp³-hybridized carbons (Fsp3) is 0.529. The number of amides is 1. The quantitative estimate of drug-likeness (QED) is 0.925. The molecule has 1 saturated carbocycles. The van der Waals surface area contributed by atoms with Gasteiger partial charge in [0.1, 0.15) is 0 Å². The number of likely N-dealkylation sites (tertiary alicyclic amines) is 1. The molecule has 4 heteroatoms. The molecule has 0 spiro atoms. The molecule has 1 heterocycles. The molecule has 112 valence electrons. The summed E-state index contributed by atoms with van der Waals surface area (Å²) in [6.07, 6.45) is 3.04. The monoisotopic (exact) mass is 287 g/mol. The second-order valence-electron chi connectivity index (χ2n) is 6.17. The van der Waals surface area contributed by atoms with Crippen LogP contribution < -0.4 is 0 Å². The molecule has 4 nitrogen and oxygen atoms in total. The highest BCUT2D eigenvalue weighted by atomic mass is 16.4. The molecule has 1 amide bonds. The maximum absolute atomic E-state index is 12.7. The first kappa shape index (κ1) is 14.1. The van der Waals surface area contributed by atoms with E-state index in [4.69, 9.17) is 0 Å². The number of carboxylic acid groups (broad SMARTS) is 1. The molecule has 0 radical (unpaired) electrons. The number of nitrogens with zero attached hydrogens (tertiary/aromatic N) is 1. The first-order valence-electron chi connectivity index (χ1n) is 7.71. The normalized spacial score (nSPS) is 25.1. The van der Waals surface area contributed by atoms with Gasteiger partial charge >= 0.3 is 5.97 Å². The van der Waals surface area contributed by atoms with E-state index in [-0.39, 0.29) is 11.8 Å². The standard InChI is InChI=1S/C17H21NO3/c1-2-11-5-3-4-6-13(11)16(19)18-9-14(12-7-8-12)15(10-18)17(20)21/h3-6,12,14-15H,2,7-10H2,1H3,(H,20,21)/t14-,15+/m0/s1. The zero-order valence-corrected chi connectivity index (χ0v) is 12.3. The van der Waals surface area contributed by atoms with Gasteiger partial charge in [-0.3, -0.25) is 9.59 Å². The van der Waals surface area contributed by atoms with Crippen LogP contribution in [0, 0.1) is 17.8 Å². The zero-order valence-electron chi connectivity index (χ0n) is 12.3. The lowest BCUT2D eigenvalue weighted by Gasteiger charge is -2.18. The predicted octanol–water partition coefficient (Wildman–Crippen LogP) is 2.43. The van der Waals surface area contributed by atoms with Gasteiger partial charge in [-0.1, -0.05) is 25.1 Å². The maximum Gasteiger partial charge on any atom is 0.308 e. The van der Waals surface area contributed by atoms with E-state index in [1.807, 2.05) is 31.2 Å². The molecule has 1 aliphatic heterocycles. The summed E-state index contributed by atoms with van der Waals surface area (Å²) >= 11 is 0. The van der Waals surface area contributed by atoms with E-state index in [1.54, 1.807) is 4.90 Å². The molecule has 1 saturated heterocycles. The summed E-state index contributed by atoms with van der Waals surface area (Å²) < 4.78 is 0. The van der Waals surface area contributed by atoms with Crippen LogP contribution in [0.25, 0.3) is 0 Å². The molecule has 2 fully saturated rings.